The van der Waals surface area contributed by atoms with Crippen LogP contribution in [0.5, 0.6) is 0 Å². The highest BCUT2D eigenvalue weighted by molar-refractivity contribution is 5.80. The fourth-order valence-corrected chi connectivity index (χ4v) is 1.95. The van der Waals surface area contributed by atoms with E-state index in [2.05, 4.69) is 0 Å². The molecule has 1 N–H and O–H groups in total. The lowest BCUT2D eigenvalue weighted by atomic mass is 10.0. The Kier molecular flexibility index (Phi) is 2.41. The van der Waals surface area contributed by atoms with Crippen LogP contribution in [0.2, 0.25) is 0 Å². The fourth-order valence-electron chi connectivity index (χ4n) is 1.95. The van der Waals surface area contributed by atoms with Crippen LogP contribution in [0.3, 0.4) is 0 Å². The Labute approximate surface area is 87.1 Å². The molecule has 0 saturated heterocycles. The molecule has 1 aromatic carbocycles. The number of para-hydroxylation sites is 1. The van der Waals surface area contributed by atoms with Crippen molar-refractivity contribution in [2.75, 3.05) is 18.0 Å². The SMILES string of the molecule is O=CC1CN(CC(=O)O)c2ccccc21. The molecule has 4 nitrogen and oxygen atoms in total. The molecule has 0 spiro atoms. The lowest BCUT2D eigenvalue weighted by Gasteiger charge is -2.16. The Balaban J connectivity index is 2.33. The summed E-state index contributed by atoms with van der Waals surface area (Å²) >= 11 is 0. The second kappa shape index (κ2) is 3.73. The summed E-state index contributed by atoms with van der Waals surface area (Å²) in [5, 5.41) is 8.73. The number of anilines is 1. The molecule has 1 aliphatic rings. The van der Waals surface area contributed by atoms with Crippen molar-refractivity contribution >= 4 is 17.9 Å². The van der Waals surface area contributed by atoms with Gasteiger partial charge in [0.2, 0.25) is 0 Å². The molecule has 0 saturated carbocycles. The number of aliphatic carboxylic acids is 1. The monoisotopic (exact) mass is 205 g/mol. The Morgan fingerprint density at radius 1 is 1.53 bits per heavy atom. The minimum Gasteiger partial charge on any atom is -0.480 e. The maximum atomic E-state index is 10.8. The summed E-state index contributed by atoms with van der Waals surface area (Å²) in [5.74, 6) is -1.07. The second-order valence-electron chi connectivity index (χ2n) is 3.58. The number of benzene rings is 1. The van der Waals surface area contributed by atoms with Crippen LogP contribution in [0, 0.1) is 0 Å². The molecule has 0 amide bonds. The van der Waals surface area contributed by atoms with Crippen molar-refractivity contribution in [1.29, 1.82) is 0 Å². The van der Waals surface area contributed by atoms with E-state index in [1.165, 1.54) is 0 Å². The molecule has 1 aliphatic heterocycles. The molecule has 0 radical (unpaired) electrons. The molecule has 0 aromatic heterocycles. The first-order valence-corrected chi connectivity index (χ1v) is 4.73. The fraction of sp³-hybridized carbons (Fsp3) is 0.273. The van der Waals surface area contributed by atoms with Crippen molar-refractivity contribution in [3.63, 3.8) is 0 Å². The van der Waals surface area contributed by atoms with Gasteiger partial charge in [-0.25, -0.2) is 0 Å². The van der Waals surface area contributed by atoms with Crippen molar-refractivity contribution in [1.82, 2.24) is 0 Å². The van der Waals surface area contributed by atoms with E-state index in [-0.39, 0.29) is 12.5 Å². The zero-order valence-electron chi connectivity index (χ0n) is 8.09. The first-order valence-electron chi connectivity index (χ1n) is 4.73. The molecule has 1 aromatic rings. The molecule has 78 valence electrons. The molecule has 1 heterocycles. The van der Waals surface area contributed by atoms with Crippen LogP contribution in [0.4, 0.5) is 5.69 Å². The molecule has 15 heavy (non-hydrogen) atoms. The molecule has 4 heteroatoms. The van der Waals surface area contributed by atoms with E-state index in [1.54, 1.807) is 4.90 Å². The van der Waals surface area contributed by atoms with Gasteiger partial charge in [-0.2, -0.15) is 0 Å². The molecule has 0 bridgehead atoms. The molecular formula is C11H11NO3. The number of aldehydes is 1. The Hall–Kier alpha value is -1.84. The first-order chi connectivity index (χ1) is 7.22. The molecule has 0 fully saturated rings. The van der Waals surface area contributed by atoms with E-state index in [0.717, 1.165) is 17.5 Å². The van der Waals surface area contributed by atoms with Gasteiger partial charge in [-0.1, -0.05) is 18.2 Å². The smallest absolute Gasteiger partial charge is 0.323 e. The Morgan fingerprint density at radius 3 is 2.93 bits per heavy atom. The topological polar surface area (TPSA) is 57.6 Å². The summed E-state index contributed by atoms with van der Waals surface area (Å²) in [5.41, 5.74) is 1.78. The average Bonchev–Trinajstić information content (AvgIpc) is 2.56. The van der Waals surface area contributed by atoms with Gasteiger partial charge in [-0.15, -0.1) is 0 Å². The van der Waals surface area contributed by atoms with Crippen LogP contribution in [-0.2, 0) is 9.59 Å². The van der Waals surface area contributed by atoms with Crippen molar-refractivity contribution < 1.29 is 14.7 Å². The number of carbonyl (C=O) groups excluding carboxylic acids is 1. The number of hydrogen-bond acceptors (Lipinski definition) is 3. The lowest BCUT2D eigenvalue weighted by molar-refractivity contribution is -0.135. The van der Waals surface area contributed by atoms with Crippen LogP contribution in [0.1, 0.15) is 11.5 Å². The molecule has 1 atom stereocenters. The van der Waals surface area contributed by atoms with Gasteiger partial charge in [0.15, 0.2) is 0 Å². The van der Waals surface area contributed by atoms with E-state index >= 15 is 0 Å². The summed E-state index contributed by atoms with van der Waals surface area (Å²) in [6.45, 7) is 0.413. The second-order valence-corrected chi connectivity index (χ2v) is 3.58. The number of carboxylic acids is 1. The van der Waals surface area contributed by atoms with E-state index in [4.69, 9.17) is 5.11 Å². The lowest BCUT2D eigenvalue weighted by Crippen LogP contribution is -2.28. The number of rotatable bonds is 3. The molecule has 1 unspecified atom stereocenters. The average molecular weight is 205 g/mol. The van der Waals surface area contributed by atoms with Gasteiger partial charge in [-0.05, 0) is 11.6 Å². The van der Waals surface area contributed by atoms with Crippen molar-refractivity contribution in [2.24, 2.45) is 0 Å². The zero-order valence-corrected chi connectivity index (χ0v) is 8.09. The van der Waals surface area contributed by atoms with Crippen LogP contribution < -0.4 is 4.90 Å². The van der Waals surface area contributed by atoms with Crippen LogP contribution >= 0.6 is 0 Å². The third-order valence-corrected chi connectivity index (χ3v) is 2.58. The van der Waals surface area contributed by atoms with Gasteiger partial charge in [-0.3, -0.25) is 4.79 Å². The summed E-state index contributed by atoms with van der Waals surface area (Å²) in [6.07, 6.45) is 0.876. The highest BCUT2D eigenvalue weighted by Gasteiger charge is 2.28. The van der Waals surface area contributed by atoms with Crippen molar-refractivity contribution in [3.8, 4) is 0 Å². The predicted octanol–water partition coefficient (Wildman–Crippen LogP) is 0.874. The zero-order chi connectivity index (χ0) is 10.8. The minimum atomic E-state index is -0.878. The van der Waals surface area contributed by atoms with E-state index in [0.29, 0.717) is 6.54 Å². The largest absolute Gasteiger partial charge is 0.480 e. The van der Waals surface area contributed by atoms with Gasteiger partial charge in [0.25, 0.3) is 0 Å². The van der Waals surface area contributed by atoms with Crippen LogP contribution in [0.25, 0.3) is 0 Å². The highest BCUT2D eigenvalue weighted by atomic mass is 16.4. The number of carbonyl (C=O) groups is 2. The minimum absolute atomic E-state index is 0.0542. The normalized spacial score (nSPS) is 18.7. The maximum absolute atomic E-state index is 10.8. The van der Waals surface area contributed by atoms with Gasteiger partial charge in [0.1, 0.15) is 12.8 Å². The third-order valence-electron chi connectivity index (χ3n) is 2.58. The number of carboxylic acid groups (broad SMARTS) is 1. The predicted molar refractivity (Wildman–Crippen MR) is 55.1 cm³/mol. The third kappa shape index (κ3) is 1.70. The summed E-state index contributed by atoms with van der Waals surface area (Å²) in [4.78, 5) is 23.2. The Bertz CT molecular complexity index is 403. The molecule has 0 aliphatic carbocycles. The Morgan fingerprint density at radius 2 is 2.27 bits per heavy atom. The molecular weight excluding hydrogens is 194 g/mol. The number of fused-ring (bicyclic) bond motifs is 1. The maximum Gasteiger partial charge on any atom is 0.323 e. The van der Waals surface area contributed by atoms with Gasteiger partial charge < -0.3 is 14.8 Å². The standard InChI is InChI=1S/C11H11NO3/c13-7-8-5-12(6-11(14)15)10-4-2-1-3-9(8)10/h1-4,7-8H,5-6H2,(H,14,15). The quantitative estimate of drug-likeness (QED) is 0.744. The van der Waals surface area contributed by atoms with Gasteiger partial charge >= 0.3 is 5.97 Å². The molecule has 2 rings (SSSR count). The summed E-state index contributed by atoms with van der Waals surface area (Å²) in [6, 6.07) is 7.43. The van der Waals surface area contributed by atoms with Crippen molar-refractivity contribution in [2.45, 2.75) is 5.92 Å². The highest BCUT2D eigenvalue weighted by Crippen LogP contribution is 2.34. The van der Waals surface area contributed by atoms with E-state index < -0.39 is 5.97 Å². The van der Waals surface area contributed by atoms with Crippen molar-refractivity contribution in [3.05, 3.63) is 29.8 Å². The first kappa shape index (κ1) is 9.71. The van der Waals surface area contributed by atoms with Crippen LogP contribution in [-0.4, -0.2) is 30.5 Å². The van der Waals surface area contributed by atoms with Gasteiger partial charge in [0.05, 0.1) is 5.92 Å². The summed E-state index contributed by atoms with van der Waals surface area (Å²) < 4.78 is 0. The van der Waals surface area contributed by atoms with E-state index in [1.807, 2.05) is 24.3 Å². The van der Waals surface area contributed by atoms with Gasteiger partial charge in [0, 0.05) is 12.2 Å². The number of hydrogen-bond donors (Lipinski definition) is 1. The number of nitrogens with zero attached hydrogens (tertiary/aromatic N) is 1. The van der Waals surface area contributed by atoms with E-state index in [9.17, 15) is 9.59 Å². The summed E-state index contributed by atoms with van der Waals surface area (Å²) in [7, 11) is 0. The van der Waals surface area contributed by atoms with Crippen LogP contribution in [0.15, 0.2) is 24.3 Å².